The van der Waals surface area contributed by atoms with Gasteiger partial charge in [0.25, 0.3) is 0 Å². The fourth-order valence-corrected chi connectivity index (χ4v) is 4.65. The van der Waals surface area contributed by atoms with E-state index >= 15 is 0 Å². The molecule has 1 aliphatic heterocycles. The van der Waals surface area contributed by atoms with Gasteiger partial charge in [-0.25, -0.2) is 14.6 Å². The maximum Gasteiger partial charge on any atom is 0.410 e. The van der Waals surface area contributed by atoms with Crippen molar-refractivity contribution in [2.24, 2.45) is 0 Å². The summed E-state index contributed by atoms with van der Waals surface area (Å²) < 4.78 is 14.7. The first-order valence-corrected chi connectivity index (χ1v) is 12.2. The first kappa shape index (κ1) is 24.4. The molecule has 0 aliphatic carbocycles. The molecular weight excluding hydrogens is 472 g/mol. The highest BCUT2D eigenvalue weighted by molar-refractivity contribution is 5.87. The number of aromatic nitrogens is 4. The summed E-state index contributed by atoms with van der Waals surface area (Å²) in [6.07, 6.45) is 6.04. The molecule has 10 nitrogen and oxygen atoms in total. The normalized spacial score (nSPS) is 16.1. The van der Waals surface area contributed by atoms with E-state index in [-0.39, 0.29) is 23.6 Å². The first-order chi connectivity index (χ1) is 17.7. The first-order valence-electron chi connectivity index (χ1n) is 12.2. The molecule has 1 aliphatic rings. The zero-order valence-corrected chi connectivity index (χ0v) is 21.1. The Labute approximate surface area is 214 Å². The number of nitrogen functional groups attached to an aromatic ring is 1. The molecule has 2 N–H and O–H groups in total. The number of anilines is 1. The van der Waals surface area contributed by atoms with E-state index in [0.717, 1.165) is 12.8 Å². The number of imidazole rings is 1. The number of nitrogens with two attached hydrogens (primary N) is 1. The number of benzene rings is 1. The van der Waals surface area contributed by atoms with Gasteiger partial charge in [0.15, 0.2) is 0 Å². The van der Waals surface area contributed by atoms with E-state index in [1.54, 1.807) is 63.0 Å². The summed E-state index contributed by atoms with van der Waals surface area (Å²) in [6, 6.07) is 12.3. The van der Waals surface area contributed by atoms with Crippen molar-refractivity contribution in [3.8, 4) is 17.2 Å². The molecule has 10 heteroatoms. The monoisotopic (exact) mass is 502 g/mol. The molecule has 0 bridgehead atoms. The van der Waals surface area contributed by atoms with Crippen LogP contribution in [0, 0.1) is 0 Å². The van der Waals surface area contributed by atoms with Crippen molar-refractivity contribution in [3.05, 3.63) is 71.5 Å². The number of fused-ring (bicyclic) bond motifs is 1. The van der Waals surface area contributed by atoms with Crippen molar-refractivity contribution in [1.29, 1.82) is 0 Å². The van der Waals surface area contributed by atoms with Gasteiger partial charge in [-0.05, 0) is 76.1 Å². The average molecular weight is 503 g/mol. The van der Waals surface area contributed by atoms with E-state index in [2.05, 4.69) is 9.97 Å². The molecule has 4 aromatic rings. The number of pyridine rings is 2. The van der Waals surface area contributed by atoms with Crippen molar-refractivity contribution in [2.75, 3.05) is 18.8 Å². The average Bonchev–Trinajstić information content (AvgIpc) is 3.17. The van der Waals surface area contributed by atoms with Crippen LogP contribution in [0.2, 0.25) is 0 Å². The molecule has 0 unspecified atom stereocenters. The lowest BCUT2D eigenvalue weighted by Gasteiger charge is -2.34. The number of carbonyl (C=O) groups is 1. The number of hydrogen-bond donors (Lipinski definition) is 1. The van der Waals surface area contributed by atoms with Crippen molar-refractivity contribution in [3.63, 3.8) is 0 Å². The molecule has 37 heavy (non-hydrogen) atoms. The second-order valence-corrected chi connectivity index (χ2v) is 10.1. The number of amides is 1. The lowest BCUT2D eigenvalue weighted by atomic mass is 10.1. The third kappa shape index (κ3) is 5.00. The topological polar surface area (TPSA) is 118 Å². The molecule has 1 fully saturated rings. The van der Waals surface area contributed by atoms with Gasteiger partial charge in [0.1, 0.15) is 28.4 Å². The maximum atomic E-state index is 13.9. The maximum absolute atomic E-state index is 13.9. The number of likely N-dealkylation sites (tertiary alicyclic amines) is 1. The summed E-state index contributed by atoms with van der Waals surface area (Å²) in [4.78, 5) is 36.5. The zero-order chi connectivity index (χ0) is 26.2. The van der Waals surface area contributed by atoms with Crippen molar-refractivity contribution in [2.45, 2.75) is 45.3 Å². The second kappa shape index (κ2) is 9.61. The smallest absolute Gasteiger partial charge is 0.410 e. The minimum Gasteiger partial charge on any atom is -0.457 e. The highest BCUT2D eigenvalue weighted by atomic mass is 16.6. The van der Waals surface area contributed by atoms with Gasteiger partial charge in [-0.1, -0.05) is 0 Å². The van der Waals surface area contributed by atoms with Gasteiger partial charge in [0.05, 0.1) is 17.2 Å². The van der Waals surface area contributed by atoms with Crippen LogP contribution in [0.1, 0.15) is 39.7 Å². The Morgan fingerprint density at radius 2 is 1.73 bits per heavy atom. The van der Waals surface area contributed by atoms with Crippen LogP contribution in [0.3, 0.4) is 0 Å². The van der Waals surface area contributed by atoms with Crippen molar-refractivity contribution < 1.29 is 14.3 Å². The van der Waals surface area contributed by atoms with Crippen LogP contribution in [0.4, 0.5) is 10.6 Å². The van der Waals surface area contributed by atoms with Gasteiger partial charge in [-0.2, -0.15) is 0 Å². The fraction of sp³-hybridized carbons (Fsp3) is 0.333. The quantitative estimate of drug-likeness (QED) is 0.436. The van der Waals surface area contributed by atoms with E-state index in [1.807, 2.05) is 32.9 Å². The molecule has 192 valence electrons. The Morgan fingerprint density at radius 3 is 2.43 bits per heavy atom. The zero-order valence-electron chi connectivity index (χ0n) is 21.1. The molecular formula is C27H30N6O4. The number of rotatable bonds is 4. The number of nitrogens with zero attached hydrogens (tertiary/aromatic N) is 5. The molecule has 1 atom stereocenters. The molecule has 4 heterocycles. The summed E-state index contributed by atoms with van der Waals surface area (Å²) in [6.45, 7) is 6.48. The van der Waals surface area contributed by atoms with Gasteiger partial charge in [0.2, 0.25) is 0 Å². The van der Waals surface area contributed by atoms with E-state index in [9.17, 15) is 9.59 Å². The molecule has 1 saturated heterocycles. The van der Waals surface area contributed by atoms with E-state index in [4.69, 9.17) is 15.2 Å². The largest absolute Gasteiger partial charge is 0.457 e. The van der Waals surface area contributed by atoms with Crippen LogP contribution in [0.15, 0.2) is 65.8 Å². The van der Waals surface area contributed by atoms with Crippen molar-refractivity contribution >= 4 is 22.9 Å². The summed E-state index contributed by atoms with van der Waals surface area (Å²) in [5.41, 5.74) is 7.29. The van der Waals surface area contributed by atoms with Gasteiger partial charge in [-0.3, -0.25) is 14.1 Å². The Bertz CT molecular complexity index is 1470. The molecule has 1 amide bonds. The van der Waals surface area contributed by atoms with E-state index < -0.39 is 5.60 Å². The van der Waals surface area contributed by atoms with Crippen LogP contribution >= 0.6 is 0 Å². The van der Waals surface area contributed by atoms with Crippen LogP contribution in [0.5, 0.6) is 11.5 Å². The molecule has 1 aromatic carbocycles. The van der Waals surface area contributed by atoms with Gasteiger partial charge in [0, 0.05) is 31.7 Å². The van der Waals surface area contributed by atoms with Crippen molar-refractivity contribution in [1.82, 2.24) is 24.0 Å². The number of carbonyl (C=O) groups excluding carboxylic acids is 1. The van der Waals surface area contributed by atoms with Crippen LogP contribution < -0.4 is 16.2 Å². The SMILES string of the molecule is CC(C)(C)OC(=O)N1CCC[C@@H](n2c(=O)n(-c3ccc(Oc4ccncc4)cc3)c3c(N)nccc32)C1. The molecule has 0 saturated carbocycles. The third-order valence-electron chi connectivity index (χ3n) is 6.21. The highest BCUT2D eigenvalue weighted by Crippen LogP contribution is 2.30. The standard InChI is InChI=1S/C27H30N6O4/c1-27(2,3)37-26(35)31-16-4-5-19(17-31)32-22-12-15-30-24(28)23(22)33(25(32)34)18-6-8-20(9-7-18)36-21-10-13-29-14-11-21/h6-15,19H,4-5,16-17H2,1-3H3,(H2,28,30)/t19-/m1/s1. The lowest BCUT2D eigenvalue weighted by molar-refractivity contribution is 0.0173. The highest BCUT2D eigenvalue weighted by Gasteiger charge is 2.31. The molecule has 0 spiro atoms. The van der Waals surface area contributed by atoms with Gasteiger partial charge < -0.3 is 20.1 Å². The predicted molar refractivity (Wildman–Crippen MR) is 140 cm³/mol. The number of hydrogen-bond acceptors (Lipinski definition) is 7. The van der Waals surface area contributed by atoms with E-state index in [1.165, 1.54) is 0 Å². The number of piperidine rings is 1. The third-order valence-corrected chi connectivity index (χ3v) is 6.21. The number of ether oxygens (including phenoxy) is 2. The minimum atomic E-state index is -0.593. The summed E-state index contributed by atoms with van der Waals surface area (Å²) in [5, 5.41) is 0. The van der Waals surface area contributed by atoms with E-state index in [0.29, 0.717) is 41.3 Å². The van der Waals surface area contributed by atoms with Crippen LogP contribution in [-0.2, 0) is 4.74 Å². The predicted octanol–water partition coefficient (Wildman–Crippen LogP) is 4.53. The Hall–Kier alpha value is -4.34. The Balaban J connectivity index is 1.50. The molecule has 3 aromatic heterocycles. The molecule has 0 radical (unpaired) electrons. The van der Waals surface area contributed by atoms with Crippen LogP contribution in [-0.4, -0.2) is 48.8 Å². The molecule has 5 rings (SSSR count). The second-order valence-electron chi connectivity index (χ2n) is 10.1. The summed E-state index contributed by atoms with van der Waals surface area (Å²) in [5.74, 6) is 1.54. The lowest BCUT2D eigenvalue weighted by Crippen LogP contribution is -2.45. The minimum absolute atomic E-state index is 0.228. The van der Waals surface area contributed by atoms with Crippen LogP contribution in [0.25, 0.3) is 16.7 Å². The Kier molecular flexibility index (Phi) is 6.32. The summed E-state index contributed by atoms with van der Waals surface area (Å²) in [7, 11) is 0. The van der Waals surface area contributed by atoms with Gasteiger partial charge >= 0.3 is 11.8 Å². The summed E-state index contributed by atoms with van der Waals surface area (Å²) >= 11 is 0. The fourth-order valence-electron chi connectivity index (χ4n) is 4.65. The van der Waals surface area contributed by atoms with Gasteiger partial charge in [-0.15, -0.1) is 0 Å². The Morgan fingerprint density at radius 1 is 1.03 bits per heavy atom.